The SMILES string of the molecule is CCCCCCCCC(CCCc1cccc(F)c1)C(O)(O)O. The molecule has 3 N–H and O–H groups in total. The Kier molecular flexibility index (Phi) is 9.37. The van der Waals surface area contributed by atoms with Crippen molar-refractivity contribution >= 4 is 0 Å². The van der Waals surface area contributed by atoms with Gasteiger partial charge in [-0.15, -0.1) is 0 Å². The first-order valence-electron chi connectivity index (χ1n) is 8.85. The molecule has 0 aliphatic rings. The molecule has 1 aromatic carbocycles. The van der Waals surface area contributed by atoms with E-state index in [1.54, 1.807) is 6.07 Å². The fraction of sp³-hybridized carbons (Fsp3) is 0.684. The van der Waals surface area contributed by atoms with Crippen LogP contribution in [0, 0.1) is 11.7 Å². The zero-order valence-corrected chi connectivity index (χ0v) is 14.2. The molecule has 0 spiro atoms. The van der Waals surface area contributed by atoms with E-state index in [1.165, 1.54) is 31.4 Å². The van der Waals surface area contributed by atoms with E-state index in [4.69, 9.17) is 0 Å². The third-order valence-corrected chi connectivity index (χ3v) is 4.36. The van der Waals surface area contributed by atoms with Crippen molar-refractivity contribution in [3.63, 3.8) is 0 Å². The van der Waals surface area contributed by atoms with Gasteiger partial charge in [-0.3, -0.25) is 0 Å². The van der Waals surface area contributed by atoms with Crippen LogP contribution in [0.15, 0.2) is 24.3 Å². The summed E-state index contributed by atoms with van der Waals surface area (Å²) < 4.78 is 13.1. The number of unbranched alkanes of at least 4 members (excludes halogenated alkanes) is 5. The van der Waals surface area contributed by atoms with Gasteiger partial charge in [0.15, 0.2) is 0 Å². The molecule has 0 amide bonds. The van der Waals surface area contributed by atoms with Crippen molar-refractivity contribution in [1.82, 2.24) is 0 Å². The highest BCUT2D eigenvalue weighted by Gasteiger charge is 2.30. The van der Waals surface area contributed by atoms with Crippen LogP contribution in [0.1, 0.15) is 70.3 Å². The highest BCUT2D eigenvalue weighted by atomic mass is 19.1. The number of aryl methyl sites for hydroxylation is 1. The molecule has 0 bridgehead atoms. The molecule has 0 aliphatic heterocycles. The first kappa shape index (κ1) is 20.1. The summed E-state index contributed by atoms with van der Waals surface area (Å²) in [7, 11) is 0. The third kappa shape index (κ3) is 9.04. The average molecular weight is 326 g/mol. The monoisotopic (exact) mass is 326 g/mol. The van der Waals surface area contributed by atoms with Crippen LogP contribution in [0.5, 0.6) is 0 Å². The zero-order valence-electron chi connectivity index (χ0n) is 14.2. The molecule has 0 heterocycles. The Labute approximate surface area is 139 Å². The van der Waals surface area contributed by atoms with Gasteiger partial charge in [0.25, 0.3) is 5.97 Å². The van der Waals surface area contributed by atoms with Crippen LogP contribution in [0.3, 0.4) is 0 Å². The predicted octanol–water partition coefficient (Wildman–Crippen LogP) is 4.15. The summed E-state index contributed by atoms with van der Waals surface area (Å²) in [5, 5.41) is 28.5. The molecule has 1 aromatic rings. The van der Waals surface area contributed by atoms with Crippen molar-refractivity contribution in [2.24, 2.45) is 5.92 Å². The molecule has 3 nitrogen and oxygen atoms in total. The predicted molar refractivity (Wildman–Crippen MR) is 90.2 cm³/mol. The lowest BCUT2D eigenvalue weighted by molar-refractivity contribution is -0.344. The molecule has 132 valence electrons. The maximum atomic E-state index is 13.1. The minimum atomic E-state index is -2.62. The number of hydrogen-bond acceptors (Lipinski definition) is 3. The molecule has 1 rings (SSSR count). The standard InChI is InChI=1S/C19H31FO3/c1-2-3-4-5-6-7-12-17(19(21,22)23)13-8-10-16-11-9-14-18(20)15-16/h9,11,14-15,17,21-23H,2-8,10,12-13H2,1H3. The van der Waals surface area contributed by atoms with Gasteiger partial charge in [0.1, 0.15) is 5.82 Å². The zero-order chi connectivity index (χ0) is 17.1. The van der Waals surface area contributed by atoms with Gasteiger partial charge < -0.3 is 15.3 Å². The van der Waals surface area contributed by atoms with Crippen molar-refractivity contribution in [2.45, 2.75) is 77.1 Å². The largest absolute Gasteiger partial charge is 0.343 e. The Bertz CT molecular complexity index is 429. The van der Waals surface area contributed by atoms with Crippen LogP contribution in [0.25, 0.3) is 0 Å². The fourth-order valence-electron chi connectivity index (χ4n) is 2.95. The minimum absolute atomic E-state index is 0.257. The normalized spacial score (nSPS) is 13.3. The summed E-state index contributed by atoms with van der Waals surface area (Å²) >= 11 is 0. The van der Waals surface area contributed by atoms with E-state index in [1.807, 2.05) is 6.07 Å². The molecule has 23 heavy (non-hydrogen) atoms. The molecule has 0 saturated heterocycles. The van der Waals surface area contributed by atoms with Gasteiger partial charge in [0, 0.05) is 5.92 Å². The van der Waals surface area contributed by atoms with Gasteiger partial charge in [-0.1, -0.05) is 57.6 Å². The van der Waals surface area contributed by atoms with Crippen molar-refractivity contribution in [2.75, 3.05) is 0 Å². The Balaban J connectivity index is 2.31. The molecular weight excluding hydrogens is 295 g/mol. The molecule has 0 radical (unpaired) electrons. The molecule has 0 aliphatic carbocycles. The van der Waals surface area contributed by atoms with Gasteiger partial charge in [-0.05, 0) is 43.4 Å². The maximum Gasteiger partial charge on any atom is 0.278 e. The number of aliphatic hydroxyl groups is 3. The van der Waals surface area contributed by atoms with E-state index >= 15 is 0 Å². The third-order valence-electron chi connectivity index (χ3n) is 4.36. The van der Waals surface area contributed by atoms with E-state index < -0.39 is 11.9 Å². The van der Waals surface area contributed by atoms with Crippen LogP contribution < -0.4 is 0 Å². The van der Waals surface area contributed by atoms with E-state index in [2.05, 4.69) is 6.92 Å². The van der Waals surface area contributed by atoms with Gasteiger partial charge >= 0.3 is 0 Å². The Morgan fingerprint density at radius 1 is 0.957 bits per heavy atom. The number of rotatable bonds is 12. The minimum Gasteiger partial charge on any atom is -0.343 e. The molecule has 0 aromatic heterocycles. The fourth-order valence-corrected chi connectivity index (χ4v) is 2.95. The smallest absolute Gasteiger partial charge is 0.278 e. The van der Waals surface area contributed by atoms with E-state index in [9.17, 15) is 19.7 Å². The van der Waals surface area contributed by atoms with Crippen molar-refractivity contribution in [1.29, 1.82) is 0 Å². The number of hydrogen-bond donors (Lipinski definition) is 3. The highest BCUT2D eigenvalue weighted by molar-refractivity contribution is 5.16. The Hall–Kier alpha value is -0.970. The lowest BCUT2D eigenvalue weighted by atomic mass is 9.92. The maximum absolute atomic E-state index is 13.1. The van der Waals surface area contributed by atoms with E-state index in [0.29, 0.717) is 25.7 Å². The van der Waals surface area contributed by atoms with Crippen LogP contribution in [-0.2, 0) is 6.42 Å². The summed E-state index contributed by atoms with van der Waals surface area (Å²) in [4.78, 5) is 0. The second-order valence-corrected chi connectivity index (χ2v) is 6.46. The van der Waals surface area contributed by atoms with Crippen molar-refractivity contribution < 1.29 is 19.7 Å². The highest BCUT2D eigenvalue weighted by Crippen LogP contribution is 2.25. The summed E-state index contributed by atoms with van der Waals surface area (Å²) in [6.07, 6.45) is 9.20. The molecule has 0 saturated carbocycles. The molecular formula is C19H31FO3. The molecule has 1 atom stereocenters. The summed E-state index contributed by atoms with van der Waals surface area (Å²) in [5.74, 6) is -3.43. The van der Waals surface area contributed by atoms with Gasteiger partial charge in [0.2, 0.25) is 0 Å². The van der Waals surface area contributed by atoms with Gasteiger partial charge in [-0.2, -0.15) is 0 Å². The van der Waals surface area contributed by atoms with Crippen LogP contribution >= 0.6 is 0 Å². The summed E-state index contributed by atoms with van der Waals surface area (Å²) in [6.45, 7) is 2.17. The van der Waals surface area contributed by atoms with Crippen molar-refractivity contribution in [3.8, 4) is 0 Å². The number of benzene rings is 1. The van der Waals surface area contributed by atoms with E-state index in [0.717, 1.165) is 24.8 Å². The molecule has 1 unspecified atom stereocenters. The Morgan fingerprint density at radius 3 is 2.26 bits per heavy atom. The first-order valence-corrected chi connectivity index (χ1v) is 8.85. The summed E-state index contributed by atoms with van der Waals surface area (Å²) in [5.41, 5.74) is 0.891. The van der Waals surface area contributed by atoms with Crippen molar-refractivity contribution in [3.05, 3.63) is 35.6 Å². The Morgan fingerprint density at radius 2 is 1.61 bits per heavy atom. The van der Waals surface area contributed by atoms with Crippen LogP contribution in [0.4, 0.5) is 4.39 Å². The van der Waals surface area contributed by atoms with Gasteiger partial charge in [-0.25, -0.2) is 4.39 Å². The lowest BCUT2D eigenvalue weighted by Crippen LogP contribution is -2.37. The van der Waals surface area contributed by atoms with Gasteiger partial charge in [0.05, 0.1) is 0 Å². The van der Waals surface area contributed by atoms with E-state index in [-0.39, 0.29) is 5.82 Å². The van der Waals surface area contributed by atoms with Crippen LogP contribution in [-0.4, -0.2) is 21.3 Å². The molecule has 4 heteroatoms. The lowest BCUT2D eigenvalue weighted by Gasteiger charge is -2.26. The number of halogens is 1. The second kappa shape index (κ2) is 10.7. The van der Waals surface area contributed by atoms with Crippen LogP contribution in [0.2, 0.25) is 0 Å². The topological polar surface area (TPSA) is 60.7 Å². The quantitative estimate of drug-likeness (QED) is 0.399. The first-order chi connectivity index (χ1) is 10.9. The second-order valence-electron chi connectivity index (χ2n) is 6.46. The summed E-state index contributed by atoms with van der Waals surface area (Å²) in [6, 6.07) is 6.43. The molecule has 0 fully saturated rings. The average Bonchev–Trinajstić information content (AvgIpc) is 2.48.